The first-order chi connectivity index (χ1) is 17.3. The van der Waals surface area contributed by atoms with E-state index in [4.69, 9.17) is 4.74 Å². The number of ether oxygens (including phenoxy) is 1. The summed E-state index contributed by atoms with van der Waals surface area (Å²) in [6.45, 7) is 6.07. The van der Waals surface area contributed by atoms with E-state index in [1.165, 1.54) is 62.6 Å². The zero-order valence-electron chi connectivity index (χ0n) is 22.2. The van der Waals surface area contributed by atoms with Crippen LogP contribution in [0.3, 0.4) is 0 Å². The van der Waals surface area contributed by atoms with Crippen LogP contribution in [0.5, 0.6) is 0 Å². The first-order valence-electron chi connectivity index (χ1n) is 14.3. The highest BCUT2D eigenvalue weighted by molar-refractivity contribution is 5.30. The van der Waals surface area contributed by atoms with Crippen molar-refractivity contribution in [3.63, 3.8) is 0 Å². The molecule has 36 heavy (non-hydrogen) atoms. The molecule has 0 saturated heterocycles. The van der Waals surface area contributed by atoms with Gasteiger partial charge in [0.2, 0.25) is 0 Å². The smallest absolute Gasteiger partial charge is 0.309 e. The van der Waals surface area contributed by atoms with E-state index in [0.29, 0.717) is 11.5 Å². The van der Waals surface area contributed by atoms with Gasteiger partial charge in [-0.1, -0.05) is 63.4 Å². The van der Waals surface area contributed by atoms with Crippen molar-refractivity contribution in [3.05, 3.63) is 70.5 Å². The fourth-order valence-corrected chi connectivity index (χ4v) is 6.51. The Morgan fingerprint density at radius 3 is 1.92 bits per heavy atom. The van der Waals surface area contributed by atoms with E-state index in [1.807, 2.05) is 12.1 Å². The van der Waals surface area contributed by atoms with E-state index < -0.39 is 23.6 Å². The lowest BCUT2D eigenvalue weighted by atomic mass is 9.77. The molecule has 0 spiro atoms. The van der Waals surface area contributed by atoms with Gasteiger partial charge in [0.1, 0.15) is 5.82 Å². The minimum absolute atomic E-state index is 0.255. The number of benzene rings is 2. The van der Waals surface area contributed by atoms with Crippen molar-refractivity contribution in [2.45, 2.75) is 115 Å². The van der Waals surface area contributed by atoms with E-state index in [9.17, 15) is 4.39 Å². The SMILES string of the molecule is CCCC1CCC(c2ccc(C(F)(F)OC(C)c3ccc(C4CCC(CC)CC4)cc3)c(F)c2)CC1. The van der Waals surface area contributed by atoms with Crippen molar-refractivity contribution in [3.8, 4) is 0 Å². The molecule has 0 bridgehead atoms. The van der Waals surface area contributed by atoms with Gasteiger partial charge in [0.25, 0.3) is 0 Å². The second-order valence-corrected chi connectivity index (χ2v) is 11.3. The maximum atomic E-state index is 15.0. The molecule has 4 heteroatoms. The molecule has 0 amide bonds. The summed E-state index contributed by atoms with van der Waals surface area (Å²) < 4.78 is 50.1. The average Bonchev–Trinajstić information content (AvgIpc) is 2.89. The highest BCUT2D eigenvalue weighted by Crippen LogP contribution is 2.41. The van der Waals surface area contributed by atoms with Crippen molar-refractivity contribution < 1.29 is 17.9 Å². The Labute approximate surface area is 215 Å². The second-order valence-electron chi connectivity index (χ2n) is 11.3. The Kier molecular flexibility index (Phi) is 9.19. The molecule has 1 unspecified atom stereocenters. The monoisotopic (exact) mass is 500 g/mol. The van der Waals surface area contributed by atoms with Crippen LogP contribution < -0.4 is 0 Å². The molecule has 2 aliphatic rings. The highest BCUT2D eigenvalue weighted by Gasteiger charge is 2.38. The maximum Gasteiger partial charge on any atom is 0.386 e. The van der Waals surface area contributed by atoms with E-state index >= 15 is 8.78 Å². The van der Waals surface area contributed by atoms with E-state index in [1.54, 1.807) is 13.0 Å². The average molecular weight is 501 g/mol. The van der Waals surface area contributed by atoms with Crippen molar-refractivity contribution in [1.82, 2.24) is 0 Å². The third-order valence-electron chi connectivity index (χ3n) is 8.95. The van der Waals surface area contributed by atoms with Crippen molar-refractivity contribution in [2.24, 2.45) is 11.8 Å². The van der Waals surface area contributed by atoms with Crippen molar-refractivity contribution in [1.29, 1.82) is 0 Å². The predicted molar refractivity (Wildman–Crippen MR) is 141 cm³/mol. The van der Waals surface area contributed by atoms with E-state index in [2.05, 4.69) is 26.0 Å². The molecule has 4 rings (SSSR count). The molecule has 2 aromatic carbocycles. The van der Waals surface area contributed by atoms with Gasteiger partial charge in [-0.05, 0) is 111 Å². The fraction of sp³-hybridized carbons (Fsp3) is 0.625. The molecule has 2 aliphatic carbocycles. The van der Waals surface area contributed by atoms with Gasteiger partial charge in [-0.25, -0.2) is 4.39 Å². The Balaban J connectivity index is 1.37. The molecule has 0 heterocycles. The van der Waals surface area contributed by atoms with E-state index in [-0.39, 0.29) is 5.92 Å². The summed E-state index contributed by atoms with van der Waals surface area (Å²) in [4.78, 5) is 0. The Morgan fingerprint density at radius 2 is 1.36 bits per heavy atom. The van der Waals surface area contributed by atoms with E-state index in [0.717, 1.165) is 43.1 Å². The second kappa shape index (κ2) is 12.2. The summed E-state index contributed by atoms with van der Waals surface area (Å²) in [6.07, 6.45) is 8.32. The quantitative estimate of drug-likeness (QED) is 0.333. The van der Waals surface area contributed by atoms with Crippen LogP contribution in [0.25, 0.3) is 0 Å². The topological polar surface area (TPSA) is 9.23 Å². The molecule has 198 valence electrons. The largest absolute Gasteiger partial charge is 0.386 e. The molecule has 2 saturated carbocycles. The molecule has 0 radical (unpaired) electrons. The van der Waals surface area contributed by atoms with Crippen molar-refractivity contribution in [2.75, 3.05) is 0 Å². The highest BCUT2D eigenvalue weighted by atomic mass is 19.3. The van der Waals surface area contributed by atoms with Crippen LogP contribution in [0, 0.1) is 17.7 Å². The van der Waals surface area contributed by atoms with Gasteiger partial charge in [-0.3, -0.25) is 0 Å². The lowest BCUT2D eigenvalue weighted by Gasteiger charge is -2.29. The molecule has 0 aromatic heterocycles. The van der Waals surface area contributed by atoms with Crippen LogP contribution in [-0.4, -0.2) is 0 Å². The number of rotatable bonds is 9. The molecule has 1 atom stereocenters. The molecule has 2 fully saturated rings. The minimum Gasteiger partial charge on any atom is -0.309 e. The Morgan fingerprint density at radius 1 is 0.806 bits per heavy atom. The standard InChI is InChI=1S/C32H43F3O/c1-4-6-24-9-13-28(14-10-24)29-19-20-30(31(33)21-29)32(34,35)36-22(3)25-15-17-27(18-16-25)26-11-7-23(5-2)8-12-26/h15-24,26,28H,4-14H2,1-3H3. The van der Waals surface area contributed by atoms with Gasteiger partial charge < -0.3 is 4.74 Å². The van der Waals surface area contributed by atoms with Gasteiger partial charge >= 0.3 is 6.11 Å². The van der Waals surface area contributed by atoms with Gasteiger partial charge in [0.15, 0.2) is 0 Å². The molecule has 0 aliphatic heterocycles. The third kappa shape index (κ3) is 6.54. The summed E-state index contributed by atoms with van der Waals surface area (Å²) in [5.74, 6) is 1.52. The van der Waals surface area contributed by atoms with Crippen LogP contribution in [0.15, 0.2) is 42.5 Å². The lowest BCUT2D eigenvalue weighted by molar-refractivity contribution is -0.273. The Bertz CT molecular complexity index is 954. The summed E-state index contributed by atoms with van der Waals surface area (Å²) in [5, 5.41) is 0. The fourth-order valence-electron chi connectivity index (χ4n) is 6.51. The van der Waals surface area contributed by atoms with Crippen molar-refractivity contribution >= 4 is 0 Å². The molecule has 0 N–H and O–H groups in total. The van der Waals surface area contributed by atoms with Gasteiger partial charge in [-0.2, -0.15) is 8.78 Å². The van der Waals surface area contributed by atoms with Crippen LogP contribution in [0.1, 0.15) is 132 Å². The lowest BCUT2D eigenvalue weighted by Crippen LogP contribution is -2.22. The predicted octanol–water partition coefficient (Wildman–Crippen LogP) is 10.4. The van der Waals surface area contributed by atoms with Gasteiger partial charge in [0.05, 0.1) is 11.7 Å². The minimum atomic E-state index is -3.70. The first kappa shape index (κ1) is 27.2. The maximum absolute atomic E-state index is 15.0. The zero-order valence-corrected chi connectivity index (χ0v) is 22.2. The number of alkyl halides is 2. The third-order valence-corrected chi connectivity index (χ3v) is 8.95. The summed E-state index contributed by atoms with van der Waals surface area (Å²) >= 11 is 0. The number of hydrogen-bond donors (Lipinski definition) is 0. The van der Waals surface area contributed by atoms with Crippen LogP contribution in [0.4, 0.5) is 13.2 Å². The normalized spacial score (nSPS) is 26.1. The van der Waals surface area contributed by atoms with Crippen LogP contribution in [-0.2, 0) is 10.8 Å². The first-order valence-corrected chi connectivity index (χ1v) is 14.3. The summed E-state index contributed by atoms with van der Waals surface area (Å²) in [6, 6.07) is 12.1. The number of hydrogen-bond acceptors (Lipinski definition) is 1. The summed E-state index contributed by atoms with van der Waals surface area (Å²) in [7, 11) is 0. The molecule has 2 aromatic rings. The van der Waals surface area contributed by atoms with Gasteiger partial charge in [-0.15, -0.1) is 0 Å². The zero-order chi connectivity index (χ0) is 25.7. The van der Waals surface area contributed by atoms with Crippen LogP contribution in [0.2, 0.25) is 0 Å². The Hall–Kier alpha value is -1.81. The number of halogens is 3. The molecule has 1 nitrogen and oxygen atoms in total. The summed E-state index contributed by atoms with van der Waals surface area (Å²) in [5.41, 5.74) is 2.11. The molecular weight excluding hydrogens is 457 g/mol. The van der Waals surface area contributed by atoms with Crippen LogP contribution >= 0.6 is 0 Å². The molecular formula is C32H43F3O. The van der Waals surface area contributed by atoms with Gasteiger partial charge in [0, 0.05) is 0 Å².